The van der Waals surface area contributed by atoms with Crippen LogP contribution in [0.15, 0.2) is 36.4 Å². The SMILES string of the molecule is Cc1cccc(C)c1O[C@@H](C)C(=O)Nc1cc(Cl)ccc1Cl. The molecule has 1 N–H and O–H groups in total. The van der Waals surface area contributed by atoms with E-state index in [-0.39, 0.29) is 5.91 Å². The number of para-hydroxylation sites is 1. The van der Waals surface area contributed by atoms with E-state index in [0.29, 0.717) is 15.7 Å². The number of benzene rings is 2. The van der Waals surface area contributed by atoms with Crippen LogP contribution >= 0.6 is 23.2 Å². The van der Waals surface area contributed by atoms with Crippen LogP contribution in [-0.4, -0.2) is 12.0 Å². The molecule has 0 heterocycles. The van der Waals surface area contributed by atoms with E-state index in [2.05, 4.69) is 5.32 Å². The number of ether oxygens (including phenoxy) is 1. The predicted octanol–water partition coefficient (Wildman–Crippen LogP) is 5.02. The highest BCUT2D eigenvalue weighted by atomic mass is 35.5. The standard InChI is InChI=1S/C17H17Cl2NO2/c1-10-5-4-6-11(2)16(10)22-12(3)17(21)20-15-9-13(18)7-8-14(15)19/h4-9,12H,1-3H3,(H,20,21)/t12-/m0/s1. The summed E-state index contributed by atoms with van der Waals surface area (Å²) in [5.74, 6) is 0.439. The Morgan fingerprint density at radius 2 is 1.77 bits per heavy atom. The fourth-order valence-electron chi connectivity index (χ4n) is 2.04. The summed E-state index contributed by atoms with van der Waals surface area (Å²) < 4.78 is 5.79. The van der Waals surface area contributed by atoms with Crippen molar-refractivity contribution in [2.75, 3.05) is 5.32 Å². The van der Waals surface area contributed by atoms with Gasteiger partial charge >= 0.3 is 0 Å². The van der Waals surface area contributed by atoms with Gasteiger partial charge in [0.1, 0.15) is 5.75 Å². The van der Waals surface area contributed by atoms with E-state index >= 15 is 0 Å². The molecule has 5 heteroatoms. The first-order valence-electron chi connectivity index (χ1n) is 6.87. The smallest absolute Gasteiger partial charge is 0.265 e. The molecule has 0 aliphatic heterocycles. The molecule has 0 spiro atoms. The van der Waals surface area contributed by atoms with Crippen LogP contribution < -0.4 is 10.1 Å². The molecular formula is C17H17Cl2NO2. The van der Waals surface area contributed by atoms with E-state index in [0.717, 1.165) is 16.9 Å². The maximum Gasteiger partial charge on any atom is 0.265 e. The van der Waals surface area contributed by atoms with Crippen molar-refractivity contribution in [2.45, 2.75) is 26.9 Å². The number of hydrogen-bond donors (Lipinski definition) is 1. The van der Waals surface area contributed by atoms with Crippen LogP contribution in [0.5, 0.6) is 5.75 Å². The quantitative estimate of drug-likeness (QED) is 0.850. The third-order valence-electron chi connectivity index (χ3n) is 3.26. The van der Waals surface area contributed by atoms with Crippen LogP contribution in [-0.2, 0) is 4.79 Å². The number of amides is 1. The molecule has 2 aromatic rings. The van der Waals surface area contributed by atoms with E-state index in [4.69, 9.17) is 27.9 Å². The summed E-state index contributed by atoms with van der Waals surface area (Å²) in [6.45, 7) is 5.58. The Hall–Kier alpha value is -1.71. The van der Waals surface area contributed by atoms with Crippen molar-refractivity contribution in [3.05, 3.63) is 57.6 Å². The Morgan fingerprint density at radius 3 is 2.41 bits per heavy atom. The molecule has 0 aliphatic carbocycles. The van der Waals surface area contributed by atoms with Crippen LogP contribution in [0, 0.1) is 13.8 Å². The van der Waals surface area contributed by atoms with Crippen molar-refractivity contribution in [2.24, 2.45) is 0 Å². The van der Waals surface area contributed by atoms with E-state index in [9.17, 15) is 4.79 Å². The molecule has 0 saturated carbocycles. The number of carbonyl (C=O) groups is 1. The topological polar surface area (TPSA) is 38.3 Å². The zero-order valence-corrected chi connectivity index (χ0v) is 14.1. The first-order chi connectivity index (χ1) is 10.4. The van der Waals surface area contributed by atoms with E-state index in [1.807, 2.05) is 32.0 Å². The largest absolute Gasteiger partial charge is 0.480 e. The van der Waals surface area contributed by atoms with Gasteiger partial charge in [0, 0.05) is 5.02 Å². The molecule has 0 unspecified atom stereocenters. The number of hydrogen-bond acceptors (Lipinski definition) is 2. The summed E-state index contributed by atoms with van der Waals surface area (Å²) in [7, 11) is 0. The van der Waals surface area contributed by atoms with Crippen LogP contribution in [0.25, 0.3) is 0 Å². The monoisotopic (exact) mass is 337 g/mol. The van der Waals surface area contributed by atoms with Gasteiger partial charge in [-0.25, -0.2) is 0 Å². The van der Waals surface area contributed by atoms with Gasteiger partial charge in [-0.15, -0.1) is 0 Å². The Morgan fingerprint density at radius 1 is 1.14 bits per heavy atom. The lowest BCUT2D eigenvalue weighted by molar-refractivity contribution is -0.122. The average Bonchev–Trinajstić information content (AvgIpc) is 2.46. The minimum absolute atomic E-state index is 0.285. The van der Waals surface area contributed by atoms with E-state index < -0.39 is 6.10 Å². The first kappa shape index (κ1) is 16.7. The van der Waals surface area contributed by atoms with Gasteiger partial charge in [0.15, 0.2) is 6.10 Å². The summed E-state index contributed by atoms with van der Waals surface area (Å²) in [6.07, 6.45) is -0.658. The second-order valence-corrected chi connectivity index (χ2v) is 5.94. The Kier molecular flexibility index (Phi) is 5.33. The highest BCUT2D eigenvalue weighted by molar-refractivity contribution is 6.35. The highest BCUT2D eigenvalue weighted by Crippen LogP contribution is 2.27. The molecule has 2 aromatic carbocycles. The molecule has 0 radical (unpaired) electrons. The number of halogens is 2. The van der Waals surface area contributed by atoms with E-state index in [1.54, 1.807) is 25.1 Å². The maximum absolute atomic E-state index is 12.3. The molecule has 22 heavy (non-hydrogen) atoms. The molecular weight excluding hydrogens is 321 g/mol. The van der Waals surface area contributed by atoms with Crippen LogP contribution in [0.4, 0.5) is 5.69 Å². The van der Waals surface area contributed by atoms with Gasteiger partial charge in [-0.1, -0.05) is 41.4 Å². The predicted molar refractivity (Wildman–Crippen MR) is 91.1 cm³/mol. The molecule has 0 saturated heterocycles. The van der Waals surface area contributed by atoms with Gasteiger partial charge in [0.2, 0.25) is 0 Å². The molecule has 116 valence electrons. The number of aryl methyl sites for hydroxylation is 2. The summed E-state index contributed by atoms with van der Waals surface area (Å²) in [5, 5.41) is 3.66. The number of carbonyl (C=O) groups excluding carboxylic acids is 1. The number of anilines is 1. The van der Waals surface area contributed by atoms with Gasteiger partial charge in [-0.2, -0.15) is 0 Å². The van der Waals surface area contributed by atoms with Crippen LogP contribution in [0.3, 0.4) is 0 Å². The zero-order chi connectivity index (χ0) is 16.3. The van der Waals surface area contributed by atoms with Crippen molar-refractivity contribution in [3.63, 3.8) is 0 Å². The van der Waals surface area contributed by atoms with Crippen molar-refractivity contribution in [1.29, 1.82) is 0 Å². The fourth-order valence-corrected chi connectivity index (χ4v) is 2.38. The lowest BCUT2D eigenvalue weighted by Gasteiger charge is -2.18. The molecule has 0 aliphatic rings. The summed E-state index contributed by atoms with van der Waals surface area (Å²) in [4.78, 5) is 12.3. The fraction of sp³-hybridized carbons (Fsp3) is 0.235. The van der Waals surface area contributed by atoms with Gasteiger partial charge in [0.25, 0.3) is 5.91 Å². The Bertz CT molecular complexity index is 681. The average molecular weight is 338 g/mol. The minimum atomic E-state index is -0.658. The van der Waals surface area contributed by atoms with Gasteiger partial charge in [-0.3, -0.25) is 4.79 Å². The van der Waals surface area contributed by atoms with Crippen molar-refractivity contribution in [3.8, 4) is 5.75 Å². The normalized spacial score (nSPS) is 11.9. The zero-order valence-electron chi connectivity index (χ0n) is 12.6. The molecule has 0 bridgehead atoms. The third kappa shape index (κ3) is 3.93. The molecule has 2 rings (SSSR count). The third-order valence-corrected chi connectivity index (χ3v) is 3.82. The van der Waals surface area contributed by atoms with Gasteiger partial charge in [0.05, 0.1) is 10.7 Å². The van der Waals surface area contributed by atoms with E-state index in [1.165, 1.54) is 0 Å². The van der Waals surface area contributed by atoms with Gasteiger partial charge in [-0.05, 0) is 50.1 Å². The number of rotatable bonds is 4. The van der Waals surface area contributed by atoms with Gasteiger partial charge < -0.3 is 10.1 Å². The summed E-state index contributed by atoms with van der Waals surface area (Å²) in [6, 6.07) is 10.7. The number of nitrogens with one attached hydrogen (secondary N) is 1. The minimum Gasteiger partial charge on any atom is -0.480 e. The molecule has 0 aromatic heterocycles. The highest BCUT2D eigenvalue weighted by Gasteiger charge is 2.18. The summed E-state index contributed by atoms with van der Waals surface area (Å²) in [5.41, 5.74) is 2.44. The second-order valence-electron chi connectivity index (χ2n) is 5.09. The van der Waals surface area contributed by atoms with Crippen LogP contribution in [0.1, 0.15) is 18.1 Å². The lowest BCUT2D eigenvalue weighted by atomic mass is 10.1. The first-order valence-corrected chi connectivity index (χ1v) is 7.63. The second kappa shape index (κ2) is 7.03. The summed E-state index contributed by atoms with van der Waals surface area (Å²) >= 11 is 12.0. The molecule has 0 fully saturated rings. The lowest BCUT2D eigenvalue weighted by Crippen LogP contribution is -2.30. The van der Waals surface area contributed by atoms with Crippen molar-refractivity contribution in [1.82, 2.24) is 0 Å². The van der Waals surface area contributed by atoms with Crippen LogP contribution in [0.2, 0.25) is 10.0 Å². The maximum atomic E-state index is 12.3. The molecule has 3 nitrogen and oxygen atoms in total. The Labute approximate surface area is 140 Å². The molecule has 1 atom stereocenters. The van der Waals surface area contributed by atoms with Crippen molar-refractivity contribution >= 4 is 34.8 Å². The Balaban J connectivity index is 2.11. The van der Waals surface area contributed by atoms with Crippen molar-refractivity contribution < 1.29 is 9.53 Å². The molecule has 1 amide bonds.